The van der Waals surface area contributed by atoms with Crippen LogP contribution in [0.1, 0.15) is 16.7 Å². The molecule has 2 amide bonds. The van der Waals surface area contributed by atoms with Gasteiger partial charge in [-0.1, -0.05) is 36.4 Å². The highest BCUT2D eigenvalue weighted by atomic mass is 79.9. The summed E-state index contributed by atoms with van der Waals surface area (Å²) >= 11 is 3.27. The summed E-state index contributed by atoms with van der Waals surface area (Å²) < 4.78 is 5.56. The molecule has 3 aromatic rings. The van der Waals surface area contributed by atoms with Gasteiger partial charge in [-0.05, 0) is 76.8 Å². The van der Waals surface area contributed by atoms with Gasteiger partial charge in [0.05, 0.1) is 11.6 Å². The van der Waals surface area contributed by atoms with Gasteiger partial charge in [0.2, 0.25) is 0 Å². The number of ether oxygens (including phenoxy) is 1. The first kappa shape index (κ1) is 23.1. The Balaban J connectivity index is 2.02. The van der Waals surface area contributed by atoms with Gasteiger partial charge in [0, 0.05) is 11.4 Å². The monoisotopic (exact) mass is 494 g/mol. The third-order valence-corrected chi connectivity index (χ3v) is 5.46. The summed E-state index contributed by atoms with van der Waals surface area (Å²) in [4.78, 5) is 26.3. The van der Waals surface area contributed by atoms with E-state index in [1.807, 2.05) is 38.1 Å². The fourth-order valence-corrected chi connectivity index (χ4v) is 3.50. The maximum atomic E-state index is 13.2. The van der Waals surface area contributed by atoms with Crippen molar-refractivity contribution in [1.82, 2.24) is 0 Å². The third kappa shape index (κ3) is 5.36. The van der Waals surface area contributed by atoms with Gasteiger partial charge in [-0.15, -0.1) is 0 Å². The molecule has 0 aliphatic carbocycles. The molecule has 32 heavy (non-hydrogen) atoms. The van der Waals surface area contributed by atoms with Crippen molar-refractivity contribution < 1.29 is 19.4 Å². The summed E-state index contributed by atoms with van der Waals surface area (Å²) in [6, 6.07) is 17.8. The van der Waals surface area contributed by atoms with Crippen LogP contribution in [0.4, 0.5) is 11.4 Å². The van der Waals surface area contributed by atoms with Crippen LogP contribution in [0.3, 0.4) is 0 Å². The molecule has 0 saturated heterocycles. The molecule has 0 radical (unpaired) electrons. The predicted octanol–water partition coefficient (Wildman–Crippen LogP) is 5.44. The van der Waals surface area contributed by atoms with Crippen LogP contribution in [0.2, 0.25) is 0 Å². The molecule has 6 nitrogen and oxygen atoms in total. The van der Waals surface area contributed by atoms with E-state index in [4.69, 9.17) is 4.74 Å². The third-order valence-electron chi connectivity index (χ3n) is 4.86. The number of aromatic hydroxyl groups is 1. The Kier molecular flexibility index (Phi) is 7.33. The molecule has 3 aromatic carbocycles. The molecule has 0 bridgehead atoms. The quantitative estimate of drug-likeness (QED) is 0.242. The SMILES string of the molecule is COc1cc(C=C(C(=O)Nc2ccccc2C)C(=O)Nc2ccccc2C)cc(Br)c1O. The first-order valence-corrected chi connectivity index (χ1v) is 10.6. The number of hydrogen-bond donors (Lipinski definition) is 3. The Morgan fingerprint density at radius 3 is 1.88 bits per heavy atom. The number of halogens is 1. The van der Waals surface area contributed by atoms with Gasteiger partial charge in [-0.25, -0.2) is 0 Å². The maximum absolute atomic E-state index is 13.2. The molecule has 3 N–H and O–H groups in total. The van der Waals surface area contributed by atoms with E-state index in [1.54, 1.807) is 36.4 Å². The molecule has 0 unspecified atom stereocenters. The minimum atomic E-state index is -0.562. The largest absolute Gasteiger partial charge is 0.503 e. The number of aryl methyl sites for hydroxylation is 2. The first-order valence-electron chi connectivity index (χ1n) is 9.82. The van der Waals surface area contributed by atoms with E-state index < -0.39 is 11.8 Å². The molecule has 3 rings (SSSR count). The van der Waals surface area contributed by atoms with Crippen LogP contribution in [0, 0.1) is 13.8 Å². The zero-order chi connectivity index (χ0) is 23.3. The van der Waals surface area contributed by atoms with Crippen LogP contribution in [-0.2, 0) is 9.59 Å². The molecule has 0 atom stereocenters. The second-order valence-electron chi connectivity index (χ2n) is 7.15. The number of methoxy groups -OCH3 is 1. The van der Waals surface area contributed by atoms with E-state index in [0.29, 0.717) is 21.4 Å². The number of amides is 2. The minimum Gasteiger partial charge on any atom is -0.503 e. The number of para-hydroxylation sites is 2. The standard InChI is InChI=1S/C25H23BrN2O4/c1-15-8-4-6-10-20(15)27-24(30)18(25(31)28-21-11-7-5-9-16(21)2)12-17-13-19(26)23(29)22(14-17)32-3/h4-14,29H,1-3H3,(H,27,30)(H,28,31). The van der Waals surface area contributed by atoms with E-state index in [2.05, 4.69) is 26.6 Å². The molecule has 0 fully saturated rings. The minimum absolute atomic E-state index is 0.0695. The van der Waals surface area contributed by atoms with Crippen LogP contribution in [0.15, 0.2) is 70.7 Å². The van der Waals surface area contributed by atoms with Crippen LogP contribution in [-0.4, -0.2) is 24.0 Å². The normalized spacial score (nSPS) is 10.2. The van der Waals surface area contributed by atoms with Crippen molar-refractivity contribution in [2.45, 2.75) is 13.8 Å². The average Bonchev–Trinajstić information content (AvgIpc) is 2.77. The van der Waals surface area contributed by atoms with Crippen LogP contribution in [0.5, 0.6) is 11.5 Å². The molecule has 7 heteroatoms. The number of phenols is 1. The van der Waals surface area contributed by atoms with Crippen molar-refractivity contribution in [3.63, 3.8) is 0 Å². The fraction of sp³-hybridized carbons (Fsp3) is 0.120. The van der Waals surface area contributed by atoms with E-state index in [0.717, 1.165) is 11.1 Å². The summed E-state index contributed by atoms with van der Waals surface area (Å²) in [7, 11) is 1.42. The number of benzene rings is 3. The van der Waals surface area contributed by atoms with Gasteiger partial charge in [0.1, 0.15) is 5.57 Å². The summed E-state index contributed by atoms with van der Waals surface area (Å²) in [6.45, 7) is 3.74. The van der Waals surface area contributed by atoms with Crippen molar-refractivity contribution in [2.75, 3.05) is 17.7 Å². The van der Waals surface area contributed by atoms with E-state index >= 15 is 0 Å². The lowest BCUT2D eigenvalue weighted by Crippen LogP contribution is -2.25. The number of carbonyl (C=O) groups is 2. The highest BCUT2D eigenvalue weighted by Crippen LogP contribution is 2.36. The molecule has 0 aliphatic rings. The van der Waals surface area contributed by atoms with Crippen LogP contribution >= 0.6 is 15.9 Å². The zero-order valence-electron chi connectivity index (χ0n) is 17.9. The van der Waals surface area contributed by atoms with Crippen molar-refractivity contribution in [3.05, 3.63) is 87.4 Å². The Morgan fingerprint density at radius 2 is 1.41 bits per heavy atom. The van der Waals surface area contributed by atoms with Crippen LogP contribution in [0.25, 0.3) is 6.08 Å². The van der Waals surface area contributed by atoms with Gasteiger partial charge in [0.15, 0.2) is 11.5 Å². The number of anilines is 2. The van der Waals surface area contributed by atoms with Crippen LogP contribution < -0.4 is 15.4 Å². The number of phenolic OH excluding ortho intramolecular Hbond substituents is 1. The van der Waals surface area contributed by atoms with E-state index in [-0.39, 0.29) is 17.1 Å². The van der Waals surface area contributed by atoms with Crippen molar-refractivity contribution in [3.8, 4) is 11.5 Å². The van der Waals surface area contributed by atoms with Gasteiger partial charge in [-0.3, -0.25) is 9.59 Å². The smallest absolute Gasteiger partial charge is 0.261 e. The molecule has 0 heterocycles. The predicted molar refractivity (Wildman–Crippen MR) is 130 cm³/mol. The molecule has 0 spiro atoms. The number of carbonyl (C=O) groups excluding carboxylic acids is 2. The summed E-state index contributed by atoms with van der Waals surface area (Å²) in [5.41, 5.74) is 3.35. The fourth-order valence-electron chi connectivity index (χ4n) is 3.04. The maximum Gasteiger partial charge on any atom is 0.261 e. The molecule has 0 saturated carbocycles. The highest BCUT2D eigenvalue weighted by molar-refractivity contribution is 9.10. The number of rotatable bonds is 6. The Morgan fingerprint density at radius 1 is 0.906 bits per heavy atom. The lowest BCUT2D eigenvalue weighted by Gasteiger charge is -2.13. The zero-order valence-corrected chi connectivity index (χ0v) is 19.5. The number of nitrogens with one attached hydrogen (secondary N) is 2. The Hall–Kier alpha value is -3.58. The van der Waals surface area contributed by atoms with Crippen molar-refractivity contribution >= 4 is 45.2 Å². The molecular formula is C25H23BrN2O4. The van der Waals surface area contributed by atoms with E-state index in [9.17, 15) is 14.7 Å². The highest BCUT2D eigenvalue weighted by Gasteiger charge is 2.21. The summed E-state index contributed by atoms with van der Waals surface area (Å²) in [5, 5.41) is 15.7. The second-order valence-corrected chi connectivity index (χ2v) is 8.00. The van der Waals surface area contributed by atoms with Crippen molar-refractivity contribution in [2.24, 2.45) is 0 Å². The lowest BCUT2D eigenvalue weighted by molar-refractivity contribution is -0.118. The first-order chi connectivity index (χ1) is 15.3. The molecular weight excluding hydrogens is 472 g/mol. The van der Waals surface area contributed by atoms with Gasteiger partial charge in [-0.2, -0.15) is 0 Å². The Labute approximate surface area is 195 Å². The molecule has 164 valence electrons. The van der Waals surface area contributed by atoms with Gasteiger partial charge < -0.3 is 20.5 Å². The second kappa shape index (κ2) is 10.2. The summed E-state index contributed by atoms with van der Waals surface area (Å²) in [6.07, 6.45) is 1.45. The average molecular weight is 495 g/mol. The van der Waals surface area contributed by atoms with Crippen molar-refractivity contribution in [1.29, 1.82) is 0 Å². The molecule has 0 aliphatic heterocycles. The lowest BCUT2D eigenvalue weighted by atomic mass is 10.1. The topological polar surface area (TPSA) is 87.7 Å². The van der Waals surface area contributed by atoms with E-state index in [1.165, 1.54) is 13.2 Å². The van der Waals surface area contributed by atoms with Gasteiger partial charge in [0.25, 0.3) is 11.8 Å². The van der Waals surface area contributed by atoms with Gasteiger partial charge >= 0.3 is 0 Å². The molecule has 0 aromatic heterocycles. The summed E-state index contributed by atoms with van der Waals surface area (Å²) in [5.74, 6) is -0.981. The Bertz CT molecular complexity index is 1140. The number of hydrogen-bond acceptors (Lipinski definition) is 4.